The summed E-state index contributed by atoms with van der Waals surface area (Å²) in [5.74, 6) is 1.83. The molecule has 174 valence electrons. The van der Waals surface area contributed by atoms with Crippen molar-refractivity contribution in [2.75, 3.05) is 53.0 Å². The van der Waals surface area contributed by atoms with Gasteiger partial charge in [0.05, 0.1) is 25.9 Å². The molecule has 0 spiro atoms. The number of hydrogen-bond acceptors (Lipinski definition) is 4. The molecule has 0 saturated carbocycles. The molecule has 2 aliphatic rings. The Kier molecular flexibility index (Phi) is 9.90. The van der Waals surface area contributed by atoms with Gasteiger partial charge < -0.3 is 20.1 Å². The van der Waals surface area contributed by atoms with Gasteiger partial charge in [-0.3, -0.25) is 9.89 Å². The minimum atomic E-state index is 0. The topological polar surface area (TPSA) is 58.1 Å². The summed E-state index contributed by atoms with van der Waals surface area (Å²) in [7, 11) is 1.81. The van der Waals surface area contributed by atoms with E-state index in [1.54, 1.807) is 7.05 Å². The van der Waals surface area contributed by atoms with Gasteiger partial charge >= 0.3 is 0 Å². The van der Waals surface area contributed by atoms with Crippen LogP contribution in [0.1, 0.15) is 22.7 Å². The second kappa shape index (κ2) is 12.6. The average molecular weight is 571 g/mol. The lowest BCUT2D eigenvalue weighted by atomic mass is 10.0. The van der Waals surface area contributed by atoms with Gasteiger partial charge in [-0.25, -0.2) is 0 Å². The Morgan fingerprint density at radius 2 is 1.94 bits per heavy atom. The third-order valence-corrected chi connectivity index (χ3v) is 6.24. The molecule has 1 saturated heterocycles. The van der Waals surface area contributed by atoms with Gasteiger partial charge in [0.25, 0.3) is 0 Å². The zero-order valence-electron chi connectivity index (χ0n) is 18.5. The van der Waals surface area contributed by atoms with E-state index in [-0.39, 0.29) is 30.0 Å². The van der Waals surface area contributed by atoms with Crippen LogP contribution in [0.5, 0.6) is 5.75 Å². The van der Waals surface area contributed by atoms with Gasteiger partial charge in [0, 0.05) is 44.7 Å². The van der Waals surface area contributed by atoms with Gasteiger partial charge in [-0.15, -0.1) is 24.0 Å². The van der Waals surface area contributed by atoms with Crippen LogP contribution in [0, 0.1) is 0 Å². The molecule has 0 amide bonds. The molecule has 32 heavy (non-hydrogen) atoms. The molecular weight excluding hydrogens is 539 g/mol. The fraction of sp³-hybridized carbons (Fsp3) is 0.458. The van der Waals surface area contributed by atoms with Crippen molar-refractivity contribution in [3.05, 3.63) is 64.2 Å². The molecule has 2 aromatic rings. The van der Waals surface area contributed by atoms with Crippen LogP contribution in [-0.2, 0) is 17.6 Å². The molecule has 0 radical (unpaired) electrons. The van der Waals surface area contributed by atoms with E-state index in [0.29, 0.717) is 0 Å². The minimum Gasteiger partial charge on any atom is -0.493 e. The first-order valence-corrected chi connectivity index (χ1v) is 11.4. The number of benzene rings is 2. The molecule has 8 heteroatoms. The lowest BCUT2D eigenvalue weighted by molar-refractivity contribution is 0.0170. The van der Waals surface area contributed by atoms with Crippen molar-refractivity contribution in [2.45, 2.75) is 18.9 Å². The number of morpholine rings is 1. The van der Waals surface area contributed by atoms with E-state index in [0.717, 1.165) is 81.1 Å². The Labute approximate surface area is 212 Å². The van der Waals surface area contributed by atoms with Crippen LogP contribution in [-0.4, -0.2) is 63.9 Å². The molecule has 0 aromatic heterocycles. The number of rotatable bonds is 7. The summed E-state index contributed by atoms with van der Waals surface area (Å²) in [6, 6.07) is 14.7. The predicted octanol–water partition coefficient (Wildman–Crippen LogP) is 3.67. The first kappa shape index (κ1) is 25.1. The lowest BCUT2D eigenvalue weighted by Crippen LogP contribution is -2.46. The lowest BCUT2D eigenvalue weighted by Gasteiger charge is -2.35. The second-order valence-corrected chi connectivity index (χ2v) is 8.26. The Balaban J connectivity index is 0.00000289. The van der Waals surface area contributed by atoms with Crippen LogP contribution in [0.4, 0.5) is 0 Å². The number of halogens is 2. The second-order valence-electron chi connectivity index (χ2n) is 7.86. The molecule has 1 unspecified atom stereocenters. The zero-order chi connectivity index (χ0) is 21.5. The van der Waals surface area contributed by atoms with Crippen molar-refractivity contribution >= 4 is 41.5 Å². The smallest absolute Gasteiger partial charge is 0.191 e. The summed E-state index contributed by atoms with van der Waals surface area (Å²) in [5.41, 5.74) is 3.76. The third kappa shape index (κ3) is 6.50. The standard InChI is InChI=1S/C24H31ClN4O2.HI/c1-26-24(27-10-8-18-6-7-23-19(16-18)9-13-31-23)28-17-22(29-11-14-30-15-12-29)20-4-2-3-5-21(20)25;/h2-7,16,22H,8-15,17H2,1H3,(H2,26,27,28);1H. The highest BCUT2D eigenvalue weighted by atomic mass is 127. The van der Waals surface area contributed by atoms with Crippen molar-refractivity contribution in [1.82, 2.24) is 15.5 Å². The van der Waals surface area contributed by atoms with Gasteiger partial charge in [-0.05, 0) is 35.2 Å². The molecule has 2 heterocycles. The highest BCUT2D eigenvalue weighted by molar-refractivity contribution is 14.0. The normalized spacial score (nSPS) is 17.1. The molecule has 0 aliphatic carbocycles. The van der Waals surface area contributed by atoms with Crippen LogP contribution in [0.2, 0.25) is 5.02 Å². The number of fused-ring (bicyclic) bond motifs is 1. The fourth-order valence-corrected chi connectivity index (χ4v) is 4.47. The Morgan fingerprint density at radius 3 is 2.72 bits per heavy atom. The predicted molar refractivity (Wildman–Crippen MR) is 141 cm³/mol. The number of nitrogens with one attached hydrogen (secondary N) is 2. The third-order valence-electron chi connectivity index (χ3n) is 5.90. The van der Waals surface area contributed by atoms with Crippen LogP contribution in [0.25, 0.3) is 0 Å². The summed E-state index contributed by atoms with van der Waals surface area (Å²) in [6.07, 6.45) is 1.94. The minimum absolute atomic E-state index is 0. The summed E-state index contributed by atoms with van der Waals surface area (Å²) in [6.45, 7) is 5.62. The van der Waals surface area contributed by atoms with Gasteiger partial charge in [-0.2, -0.15) is 0 Å². The maximum absolute atomic E-state index is 6.54. The molecule has 0 bridgehead atoms. The van der Waals surface area contributed by atoms with E-state index < -0.39 is 0 Å². The van der Waals surface area contributed by atoms with Gasteiger partial charge in [-0.1, -0.05) is 41.9 Å². The number of ether oxygens (including phenoxy) is 2. The maximum Gasteiger partial charge on any atom is 0.191 e. The van der Waals surface area contributed by atoms with E-state index in [1.165, 1.54) is 11.1 Å². The molecule has 2 N–H and O–H groups in total. The number of aliphatic imine (C=N–C) groups is 1. The van der Waals surface area contributed by atoms with Crippen LogP contribution in [0.15, 0.2) is 47.5 Å². The monoisotopic (exact) mass is 570 g/mol. The Morgan fingerprint density at radius 1 is 1.12 bits per heavy atom. The van der Waals surface area contributed by atoms with E-state index in [9.17, 15) is 0 Å². The fourth-order valence-electron chi connectivity index (χ4n) is 4.20. The van der Waals surface area contributed by atoms with Crippen molar-refractivity contribution < 1.29 is 9.47 Å². The maximum atomic E-state index is 6.54. The van der Waals surface area contributed by atoms with Crippen molar-refractivity contribution in [1.29, 1.82) is 0 Å². The largest absolute Gasteiger partial charge is 0.493 e. The van der Waals surface area contributed by atoms with Gasteiger partial charge in [0.1, 0.15) is 5.75 Å². The molecule has 2 aromatic carbocycles. The number of guanidine groups is 1. The van der Waals surface area contributed by atoms with Gasteiger partial charge in [0.15, 0.2) is 5.96 Å². The molecule has 1 fully saturated rings. The van der Waals surface area contributed by atoms with E-state index in [4.69, 9.17) is 21.1 Å². The van der Waals surface area contributed by atoms with E-state index in [1.807, 2.05) is 18.2 Å². The molecule has 4 rings (SSSR count). The summed E-state index contributed by atoms with van der Waals surface area (Å²) in [5, 5.41) is 7.74. The molecule has 2 aliphatic heterocycles. The van der Waals surface area contributed by atoms with E-state index >= 15 is 0 Å². The highest BCUT2D eigenvalue weighted by Gasteiger charge is 2.24. The summed E-state index contributed by atoms with van der Waals surface area (Å²) >= 11 is 6.54. The van der Waals surface area contributed by atoms with Crippen LogP contribution < -0.4 is 15.4 Å². The molecule has 1 atom stereocenters. The summed E-state index contributed by atoms with van der Waals surface area (Å²) < 4.78 is 11.1. The van der Waals surface area contributed by atoms with Crippen LogP contribution in [0.3, 0.4) is 0 Å². The first-order chi connectivity index (χ1) is 15.2. The van der Waals surface area contributed by atoms with Gasteiger partial charge in [0.2, 0.25) is 0 Å². The Bertz CT molecular complexity index is 905. The molecular formula is C24H32ClIN4O2. The van der Waals surface area contributed by atoms with Crippen molar-refractivity contribution in [3.63, 3.8) is 0 Å². The number of nitrogens with zero attached hydrogens (tertiary/aromatic N) is 2. The van der Waals surface area contributed by atoms with Crippen LogP contribution >= 0.6 is 35.6 Å². The highest BCUT2D eigenvalue weighted by Crippen LogP contribution is 2.28. The Hall–Kier alpha value is -1.55. The quantitative estimate of drug-likeness (QED) is 0.302. The first-order valence-electron chi connectivity index (χ1n) is 11.0. The molecule has 6 nitrogen and oxygen atoms in total. The zero-order valence-corrected chi connectivity index (χ0v) is 21.6. The van der Waals surface area contributed by atoms with Crippen molar-refractivity contribution in [2.24, 2.45) is 4.99 Å². The van der Waals surface area contributed by atoms with Crippen molar-refractivity contribution in [3.8, 4) is 5.75 Å². The summed E-state index contributed by atoms with van der Waals surface area (Å²) in [4.78, 5) is 6.84. The SMILES string of the molecule is CN=C(NCCc1ccc2c(c1)CCO2)NCC(c1ccccc1Cl)N1CCOCC1.I. The van der Waals surface area contributed by atoms with E-state index in [2.05, 4.69) is 44.8 Å². The number of hydrogen-bond donors (Lipinski definition) is 2. The average Bonchev–Trinajstić information content (AvgIpc) is 3.28.